The number of nitrogens with zero attached hydrogens (tertiary/aromatic N) is 1. The van der Waals surface area contributed by atoms with Crippen LogP contribution in [-0.2, 0) is 0 Å². The van der Waals surface area contributed by atoms with E-state index in [1.807, 2.05) is 0 Å². The highest BCUT2D eigenvalue weighted by atomic mass is 15.2. The standard InChI is InChI=1S/C15H30N2/c1-4-16-11-15(2,3)12-17-10-9-13-7-5-6-8-14(13)17/h13-14,16H,4-12H2,1-3H3. The summed E-state index contributed by atoms with van der Waals surface area (Å²) >= 11 is 0. The van der Waals surface area contributed by atoms with Crippen LogP contribution in [0.1, 0.15) is 52.9 Å². The molecule has 0 bridgehead atoms. The van der Waals surface area contributed by atoms with Crippen LogP contribution in [0.25, 0.3) is 0 Å². The molecule has 2 unspecified atom stereocenters. The summed E-state index contributed by atoms with van der Waals surface area (Å²) < 4.78 is 0. The van der Waals surface area contributed by atoms with Crippen molar-refractivity contribution in [1.29, 1.82) is 0 Å². The normalized spacial score (nSPS) is 30.5. The molecule has 0 amide bonds. The molecule has 0 aromatic carbocycles. The fourth-order valence-corrected chi connectivity index (χ4v) is 3.77. The summed E-state index contributed by atoms with van der Waals surface area (Å²) in [7, 11) is 0. The van der Waals surface area contributed by atoms with Crippen LogP contribution in [0.5, 0.6) is 0 Å². The topological polar surface area (TPSA) is 15.3 Å². The van der Waals surface area contributed by atoms with Crippen LogP contribution in [0.3, 0.4) is 0 Å². The van der Waals surface area contributed by atoms with Crippen molar-refractivity contribution in [2.24, 2.45) is 11.3 Å². The van der Waals surface area contributed by atoms with Crippen LogP contribution in [0, 0.1) is 11.3 Å². The third-order valence-electron chi connectivity index (χ3n) is 4.61. The minimum atomic E-state index is 0.419. The number of hydrogen-bond donors (Lipinski definition) is 1. The Bertz CT molecular complexity index is 237. The van der Waals surface area contributed by atoms with Crippen molar-refractivity contribution in [2.75, 3.05) is 26.2 Å². The first-order valence-corrected chi connectivity index (χ1v) is 7.57. The van der Waals surface area contributed by atoms with Crippen LogP contribution >= 0.6 is 0 Å². The summed E-state index contributed by atoms with van der Waals surface area (Å²) in [5.74, 6) is 1.03. The molecule has 0 aromatic heterocycles. The van der Waals surface area contributed by atoms with E-state index in [1.54, 1.807) is 0 Å². The number of hydrogen-bond acceptors (Lipinski definition) is 2. The largest absolute Gasteiger partial charge is 0.316 e. The number of fused-ring (bicyclic) bond motifs is 1. The van der Waals surface area contributed by atoms with Crippen LogP contribution in [0.4, 0.5) is 0 Å². The van der Waals surface area contributed by atoms with Gasteiger partial charge in [-0.25, -0.2) is 0 Å². The molecule has 1 saturated heterocycles. The quantitative estimate of drug-likeness (QED) is 0.792. The maximum Gasteiger partial charge on any atom is 0.0124 e. The fraction of sp³-hybridized carbons (Fsp3) is 1.00. The molecule has 0 aromatic rings. The zero-order chi connectivity index (χ0) is 12.3. The molecule has 2 nitrogen and oxygen atoms in total. The van der Waals surface area contributed by atoms with Crippen LogP contribution in [0.2, 0.25) is 0 Å². The second kappa shape index (κ2) is 5.71. The molecule has 17 heavy (non-hydrogen) atoms. The van der Waals surface area contributed by atoms with E-state index in [-0.39, 0.29) is 0 Å². The Morgan fingerprint density at radius 3 is 2.71 bits per heavy atom. The Balaban J connectivity index is 1.86. The molecule has 1 heterocycles. The Morgan fingerprint density at radius 1 is 1.18 bits per heavy atom. The van der Waals surface area contributed by atoms with E-state index in [0.717, 1.165) is 25.0 Å². The molecule has 0 spiro atoms. The van der Waals surface area contributed by atoms with E-state index >= 15 is 0 Å². The second-order valence-electron chi connectivity index (χ2n) is 6.82. The molecule has 0 radical (unpaired) electrons. The lowest BCUT2D eigenvalue weighted by molar-refractivity contribution is 0.127. The van der Waals surface area contributed by atoms with Crippen molar-refractivity contribution < 1.29 is 0 Å². The Kier molecular flexibility index (Phi) is 4.48. The molecule has 2 fully saturated rings. The van der Waals surface area contributed by atoms with Gasteiger partial charge in [-0.05, 0) is 43.7 Å². The van der Waals surface area contributed by atoms with E-state index in [0.29, 0.717) is 5.41 Å². The SMILES string of the molecule is CCNCC(C)(C)CN1CCC2CCCCC21. The van der Waals surface area contributed by atoms with Gasteiger partial charge in [0, 0.05) is 19.1 Å². The third kappa shape index (κ3) is 3.45. The number of likely N-dealkylation sites (tertiary alicyclic amines) is 1. The molecular formula is C15H30N2. The lowest BCUT2D eigenvalue weighted by Crippen LogP contribution is -2.44. The Labute approximate surface area is 107 Å². The fourth-order valence-electron chi connectivity index (χ4n) is 3.77. The van der Waals surface area contributed by atoms with Gasteiger partial charge in [-0.2, -0.15) is 0 Å². The highest BCUT2D eigenvalue weighted by molar-refractivity contribution is 4.92. The average molecular weight is 238 g/mol. The van der Waals surface area contributed by atoms with E-state index in [4.69, 9.17) is 0 Å². The zero-order valence-electron chi connectivity index (χ0n) is 12.0. The van der Waals surface area contributed by atoms with Crippen LogP contribution in [-0.4, -0.2) is 37.1 Å². The monoisotopic (exact) mass is 238 g/mol. The zero-order valence-corrected chi connectivity index (χ0v) is 12.0. The summed E-state index contributed by atoms with van der Waals surface area (Å²) in [5, 5.41) is 3.51. The lowest BCUT2D eigenvalue weighted by Gasteiger charge is -2.37. The first-order valence-electron chi connectivity index (χ1n) is 7.57. The van der Waals surface area contributed by atoms with Crippen LogP contribution in [0.15, 0.2) is 0 Å². The molecule has 1 saturated carbocycles. The van der Waals surface area contributed by atoms with Gasteiger partial charge in [0.05, 0.1) is 0 Å². The molecule has 2 atom stereocenters. The summed E-state index contributed by atoms with van der Waals surface area (Å²) in [6.07, 6.45) is 7.36. The first kappa shape index (κ1) is 13.4. The second-order valence-corrected chi connectivity index (χ2v) is 6.82. The minimum absolute atomic E-state index is 0.419. The van der Waals surface area contributed by atoms with Crippen molar-refractivity contribution >= 4 is 0 Å². The van der Waals surface area contributed by atoms with E-state index in [1.165, 1.54) is 45.2 Å². The van der Waals surface area contributed by atoms with E-state index in [9.17, 15) is 0 Å². The maximum absolute atomic E-state index is 3.51. The predicted octanol–water partition coefficient (Wildman–Crippen LogP) is 2.89. The van der Waals surface area contributed by atoms with Crippen molar-refractivity contribution in [3.8, 4) is 0 Å². The third-order valence-corrected chi connectivity index (χ3v) is 4.61. The highest BCUT2D eigenvalue weighted by Crippen LogP contribution is 2.37. The first-order chi connectivity index (χ1) is 8.12. The molecule has 1 aliphatic carbocycles. The number of nitrogens with one attached hydrogen (secondary N) is 1. The van der Waals surface area contributed by atoms with Crippen molar-refractivity contribution in [3.05, 3.63) is 0 Å². The average Bonchev–Trinajstić information content (AvgIpc) is 2.70. The van der Waals surface area contributed by atoms with E-state index in [2.05, 4.69) is 31.0 Å². The van der Waals surface area contributed by atoms with Gasteiger partial charge in [-0.1, -0.05) is 33.6 Å². The van der Waals surface area contributed by atoms with Crippen molar-refractivity contribution in [3.63, 3.8) is 0 Å². The summed E-state index contributed by atoms with van der Waals surface area (Å²) in [6, 6.07) is 0.921. The van der Waals surface area contributed by atoms with Gasteiger partial charge in [0.2, 0.25) is 0 Å². The Hall–Kier alpha value is -0.0800. The Morgan fingerprint density at radius 2 is 1.94 bits per heavy atom. The minimum Gasteiger partial charge on any atom is -0.316 e. The molecule has 2 heteroatoms. The smallest absolute Gasteiger partial charge is 0.0124 e. The van der Waals surface area contributed by atoms with Crippen molar-refractivity contribution in [1.82, 2.24) is 10.2 Å². The molecule has 100 valence electrons. The lowest BCUT2D eigenvalue weighted by atomic mass is 9.84. The molecule has 1 N–H and O–H groups in total. The summed E-state index contributed by atoms with van der Waals surface area (Å²) in [5.41, 5.74) is 0.419. The van der Waals surface area contributed by atoms with Gasteiger partial charge in [0.15, 0.2) is 0 Å². The van der Waals surface area contributed by atoms with Gasteiger partial charge in [-0.3, -0.25) is 4.90 Å². The summed E-state index contributed by atoms with van der Waals surface area (Å²) in [6.45, 7) is 11.9. The molecular weight excluding hydrogens is 208 g/mol. The highest BCUT2D eigenvalue weighted by Gasteiger charge is 2.37. The molecule has 1 aliphatic heterocycles. The van der Waals surface area contributed by atoms with Gasteiger partial charge < -0.3 is 5.32 Å². The molecule has 2 rings (SSSR count). The molecule has 2 aliphatic rings. The number of rotatable bonds is 5. The summed E-state index contributed by atoms with van der Waals surface area (Å²) in [4.78, 5) is 2.79. The maximum atomic E-state index is 3.51. The van der Waals surface area contributed by atoms with Gasteiger partial charge in [0.1, 0.15) is 0 Å². The van der Waals surface area contributed by atoms with Gasteiger partial charge in [0.25, 0.3) is 0 Å². The van der Waals surface area contributed by atoms with Crippen molar-refractivity contribution in [2.45, 2.75) is 58.9 Å². The predicted molar refractivity (Wildman–Crippen MR) is 74.3 cm³/mol. The van der Waals surface area contributed by atoms with Crippen LogP contribution < -0.4 is 5.32 Å². The van der Waals surface area contributed by atoms with Gasteiger partial charge >= 0.3 is 0 Å². The van der Waals surface area contributed by atoms with E-state index < -0.39 is 0 Å². The van der Waals surface area contributed by atoms with Gasteiger partial charge in [-0.15, -0.1) is 0 Å².